The van der Waals surface area contributed by atoms with E-state index in [1.807, 2.05) is 54.6 Å². The van der Waals surface area contributed by atoms with Crippen LogP contribution in [0.15, 0.2) is 60.8 Å². The van der Waals surface area contributed by atoms with E-state index in [-0.39, 0.29) is 20.4 Å². The molecule has 0 fully saturated rings. The van der Waals surface area contributed by atoms with Gasteiger partial charge in [0.05, 0.1) is 18.7 Å². The fourth-order valence-corrected chi connectivity index (χ4v) is 3.48. The van der Waals surface area contributed by atoms with Crippen molar-refractivity contribution in [1.82, 2.24) is 10.3 Å². The molecule has 3 aromatic rings. The quantitative estimate of drug-likeness (QED) is 0.405. The van der Waals surface area contributed by atoms with Gasteiger partial charge in [-0.15, -0.1) is 0 Å². The number of phosphoric ester groups is 1. The summed E-state index contributed by atoms with van der Waals surface area (Å²) >= 11 is 0. The number of carbonyl (C=O) groups is 1. The Balaban J connectivity index is 0.00000320. The number of pyridine rings is 1. The molecule has 1 heterocycles. The van der Waals surface area contributed by atoms with E-state index in [2.05, 4.69) is 14.8 Å². The van der Waals surface area contributed by atoms with E-state index in [1.165, 1.54) is 0 Å². The Morgan fingerprint density at radius 2 is 1.90 bits per heavy atom. The summed E-state index contributed by atoms with van der Waals surface area (Å²) in [6, 6.07) is 17.8. The van der Waals surface area contributed by atoms with Crippen LogP contribution in [0.1, 0.15) is 13.5 Å². The molecule has 154 valence electrons. The zero-order chi connectivity index (χ0) is 20.7. The van der Waals surface area contributed by atoms with E-state index >= 15 is 0 Å². The van der Waals surface area contributed by atoms with Gasteiger partial charge in [-0.25, -0.2) is 4.57 Å². The van der Waals surface area contributed by atoms with Crippen LogP contribution in [0.2, 0.25) is 0 Å². The molecule has 0 aliphatic carbocycles. The Kier molecular flexibility index (Phi) is 7.12. The third-order valence-electron chi connectivity index (χ3n) is 4.40. The summed E-state index contributed by atoms with van der Waals surface area (Å²) in [7, 11) is -2.88. The number of aromatic nitrogens is 1. The van der Waals surface area contributed by atoms with Crippen LogP contribution in [-0.2, 0) is 24.8 Å². The molecule has 2 N–H and O–H groups in total. The molecule has 29 heavy (non-hydrogen) atoms. The molecule has 0 aliphatic heterocycles. The number of phosphoric acid groups is 1. The van der Waals surface area contributed by atoms with Crippen molar-refractivity contribution in [2.75, 3.05) is 20.3 Å². The number of hydrogen-bond donors (Lipinski definition) is 2. The Labute approximate surface area is 170 Å². The highest BCUT2D eigenvalue weighted by Crippen LogP contribution is 2.41. The number of carbonyl (C=O) groups excluding carboxylic acids is 1. The first-order chi connectivity index (χ1) is 14.0. The molecule has 8 heteroatoms. The minimum atomic E-state index is -3.98. The summed E-state index contributed by atoms with van der Waals surface area (Å²) in [4.78, 5) is 26.1. The monoisotopic (exact) mass is 416 g/mol. The maximum atomic E-state index is 12.4. The Bertz CT molecular complexity index is 1030. The highest BCUT2D eigenvalue weighted by molar-refractivity contribution is 7.47. The fraction of sp³-hybridized carbons (Fsp3) is 0.238. The van der Waals surface area contributed by atoms with Crippen molar-refractivity contribution < 1.29 is 24.7 Å². The van der Waals surface area contributed by atoms with Gasteiger partial charge in [-0.05, 0) is 17.4 Å². The lowest BCUT2D eigenvalue weighted by Crippen LogP contribution is -2.27. The molecule has 1 amide bonds. The SMILES string of the molecule is COP(=O)(O)OCCCNC(=O)Cc1ncc2ccccc2c1-c1ccccc1.[HH]. The maximum absolute atomic E-state index is 12.4. The molecule has 3 rings (SSSR count). The second-order valence-electron chi connectivity index (χ2n) is 6.40. The van der Waals surface area contributed by atoms with E-state index in [0.717, 1.165) is 29.0 Å². The minimum Gasteiger partial charge on any atom is -0.356 e. The average molecular weight is 416 g/mol. The second-order valence-corrected chi connectivity index (χ2v) is 7.96. The molecule has 0 spiro atoms. The van der Waals surface area contributed by atoms with Gasteiger partial charge in [0.15, 0.2) is 0 Å². The van der Waals surface area contributed by atoms with Crippen molar-refractivity contribution in [3.8, 4) is 11.1 Å². The van der Waals surface area contributed by atoms with Crippen molar-refractivity contribution in [2.24, 2.45) is 0 Å². The zero-order valence-electron chi connectivity index (χ0n) is 16.1. The van der Waals surface area contributed by atoms with Crippen LogP contribution >= 0.6 is 7.82 Å². The first-order valence-corrected chi connectivity index (χ1v) is 10.7. The summed E-state index contributed by atoms with van der Waals surface area (Å²) in [6.07, 6.45) is 2.30. The predicted molar refractivity (Wildman–Crippen MR) is 113 cm³/mol. The number of fused-ring (bicyclic) bond motifs is 1. The van der Waals surface area contributed by atoms with Crippen molar-refractivity contribution in [3.63, 3.8) is 0 Å². The van der Waals surface area contributed by atoms with E-state index < -0.39 is 7.82 Å². The van der Waals surface area contributed by atoms with Gasteiger partial charge in [0.25, 0.3) is 0 Å². The predicted octanol–water partition coefficient (Wildman–Crippen LogP) is 3.96. The Morgan fingerprint density at radius 1 is 1.17 bits per heavy atom. The summed E-state index contributed by atoms with van der Waals surface area (Å²) in [6.45, 7) is 0.322. The lowest BCUT2D eigenvalue weighted by Gasteiger charge is -2.13. The Morgan fingerprint density at radius 3 is 2.66 bits per heavy atom. The fourth-order valence-electron chi connectivity index (χ4n) is 3.01. The molecule has 1 atom stereocenters. The first kappa shape index (κ1) is 21.1. The van der Waals surface area contributed by atoms with Crippen molar-refractivity contribution in [1.29, 1.82) is 0 Å². The Hall–Kier alpha value is -2.57. The normalized spacial score (nSPS) is 13.2. The standard InChI is InChI=1S/C21H23N2O5P.H2/c1-27-29(25,26)28-13-7-12-22-20(24)14-19-21(16-8-3-2-4-9-16)18-11-6-5-10-17(18)15-23-19;/h2-6,8-11,15H,7,12-14H2,1H3,(H,22,24)(H,25,26);1H. The topological polar surface area (TPSA) is 97.8 Å². The molecule has 0 bridgehead atoms. The summed E-state index contributed by atoms with van der Waals surface area (Å²) < 4.78 is 20.3. The van der Waals surface area contributed by atoms with Gasteiger partial charge in [0.1, 0.15) is 0 Å². The number of nitrogens with zero attached hydrogens (tertiary/aromatic N) is 1. The van der Waals surface area contributed by atoms with Gasteiger partial charge in [0, 0.05) is 32.2 Å². The first-order valence-electron chi connectivity index (χ1n) is 9.22. The minimum absolute atomic E-state index is 0. The van der Waals surface area contributed by atoms with Gasteiger partial charge in [0.2, 0.25) is 5.91 Å². The smallest absolute Gasteiger partial charge is 0.356 e. The summed E-state index contributed by atoms with van der Waals surface area (Å²) in [5.41, 5.74) is 2.65. The van der Waals surface area contributed by atoms with Crippen LogP contribution in [0.5, 0.6) is 0 Å². The van der Waals surface area contributed by atoms with Crippen LogP contribution in [0.3, 0.4) is 0 Å². The number of hydrogen-bond acceptors (Lipinski definition) is 5. The zero-order valence-corrected chi connectivity index (χ0v) is 17.0. The van der Waals surface area contributed by atoms with Crippen LogP contribution in [0.4, 0.5) is 0 Å². The molecular formula is C21H25N2O5P. The molecule has 7 nitrogen and oxygen atoms in total. The molecule has 0 saturated carbocycles. The third kappa shape index (κ3) is 5.71. The summed E-state index contributed by atoms with van der Waals surface area (Å²) in [5, 5.41) is 4.85. The molecule has 1 unspecified atom stereocenters. The van der Waals surface area contributed by atoms with E-state index in [0.29, 0.717) is 18.7 Å². The molecular weight excluding hydrogens is 391 g/mol. The van der Waals surface area contributed by atoms with Gasteiger partial charge in [-0.3, -0.25) is 18.8 Å². The van der Waals surface area contributed by atoms with Crippen LogP contribution in [0.25, 0.3) is 21.9 Å². The molecule has 0 saturated heterocycles. The number of nitrogens with one attached hydrogen (secondary N) is 1. The molecule has 0 aliphatic rings. The van der Waals surface area contributed by atoms with E-state index in [4.69, 9.17) is 9.42 Å². The molecule has 2 aromatic carbocycles. The van der Waals surface area contributed by atoms with Gasteiger partial charge in [-0.2, -0.15) is 0 Å². The van der Waals surface area contributed by atoms with Crippen molar-refractivity contribution in [2.45, 2.75) is 12.8 Å². The average Bonchev–Trinajstić information content (AvgIpc) is 2.74. The van der Waals surface area contributed by atoms with Gasteiger partial charge < -0.3 is 10.2 Å². The lowest BCUT2D eigenvalue weighted by atomic mass is 9.96. The maximum Gasteiger partial charge on any atom is 0.471 e. The van der Waals surface area contributed by atoms with Crippen LogP contribution in [-0.4, -0.2) is 36.0 Å². The third-order valence-corrected chi connectivity index (χ3v) is 5.37. The van der Waals surface area contributed by atoms with Crippen molar-refractivity contribution in [3.05, 3.63) is 66.5 Å². The lowest BCUT2D eigenvalue weighted by molar-refractivity contribution is -0.120. The second kappa shape index (κ2) is 9.76. The van der Waals surface area contributed by atoms with Gasteiger partial charge in [-0.1, -0.05) is 54.6 Å². The van der Waals surface area contributed by atoms with Gasteiger partial charge >= 0.3 is 7.82 Å². The number of rotatable bonds is 9. The molecule has 0 radical (unpaired) electrons. The largest absolute Gasteiger partial charge is 0.471 e. The molecule has 1 aromatic heterocycles. The van der Waals surface area contributed by atoms with Crippen molar-refractivity contribution >= 4 is 24.5 Å². The van der Waals surface area contributed by atoms with Crippen LogP contribution < -0.4 is 5.32 Å². The number of benzene rings is 2. The van der Waals surface area contributed by atoms with Crippen LogP contribution in [0, 0.1) is 0 Å². The number of amides is 1. The highest BCUT2D eigenvalue weighted by atomic mass is 31.2. The van der Waals surface area contributed by atoms with E-state index in [9.17, 15) is 9.36 Å². The summed E-state index contributed by atoms with van der Waals surface area (Å²) in [5.74, 6) is -0.177. The van der Waals surface area contributed by atoms with E-state index in [1.54, 1.807) is 6.20 Å². The highest BCUT2D eigenvalue weighted by Gasteiger charge is 2.18.